The zero-order valence-corrected chi connectivity index (χ0v) is 29.0. The van der Waals surface area contributed by atoms with E-state index < -0.39 is 0 Å². The fourth-order valence-corrected chi connectivity index (χ4v) is 5.72. The van der Waals surface area contributed by atoms with Crippen LogP contribution in [0.5, 0.6) is 0 Å². The van der Waals surface area contributed by atoms with Crippen molar-refractivity contribution in [1.29, 1.82) is 0 Å². The predicted molar refractivity (Wildman–Crippen MR) is 187 cm³/mol. The Bertz CT molecular complexity index is 492. The number of allylic oxidation sites excluding steroid dienone is 2. The Balaban J connectivity index is 3.28. The molecular formula is C39H78O3. The lowest BCUT2D eigenvalue weighted by molar-refractivity contribution is -0.0437. The molecule has 0 radical (unpaired) electrons. The Morgan fingerprint density at radius 1 is 0.429 bits per heavy atom. The summed E-state index contributed by atoms with van der Waals surface area (Å²) in [5, 5.41) is 9.59. The third kappa shape index (κ3) is 35.8. The summed E-state index contributed by atoms with van der Waals surface area (Å²) in [6.45, 7) is 6.71. The first-order chi connectivity index (χ1) is 20.8. The van der Waals surface area contributed by atoms with E-state index in [0.717, 1.165) is 26.1 Å². The first kappa shape index (κ1) is 41.6. The summed E-state index contributed by atoms with van der Waals surface area (Å²) in [7, 11) is 0. The lowest BCUT2D eigenvalue weighted by Crippen LogP contribution is -2.24. The topological polar surface area (TPSA) is 38.7 Å². The fourth-order valence-electron chi connectivity index (χ4n) is 5.72. The van der Waals surface area contributed by atoms with Crippen LogP contribution in [0.1, 0.15) is 206 Å². The SMILES string of the molecule is CCCCCCCC/C=C\CCCCCCCCOC(CO)COCCCCCCCCCCCCCCCCCC. The molecule has 42 heavy (non-hydrogen) atoms. The monoisotopic (exact) mass is 595 g/mol. The minimum absolute atomic E-state index is 0.0608. The smallest absolute Gasteiger partial charge is 0.104 e. The molecule has 0 aromatic carbocycles. The van der Waals surface area contributed by atoms with Crippen LogP contribution >= 0.6 is 0 Å². The Morgan fingerprint density at radius 3 is 1.14 bits per heavy atom. The molecule has 1 unspecified atom stereocenters. The van der Waals surface area contributed by atoms with Gasteiger partial charge in [0.1, 0.15) is 6.10 Å². The first-order valence-electron chi connectivity index (χ1n) is 19.3. The molecule has 3 heteroatoms. The molecule has 1 N–H and O–H groups in total. The fraction of sp³-hybridized carbons (Fsp3) is 0.949. The number of aliphatic hydroxyl groups is 1. The van der Waals surface area contributed by atoms with Crippen molar-refractivity contribution in [3.05, 3.63) is 12.2 Å². The normalized spacial score (nSPS) is 12.5. The second-order valence-corrected chi connectivity index (χ2v) is 13.0. The third-order valence-corrected chi connectivity index (χ3v) is 8.66. The predicted octanol–water partition coefficient (Wildman–Crippen LogP) is 12.7. The summed E-state index contributed by atoms with van der Waals surface area (Å²) in [6, 6.07) is 0. The van der Waals surface area contributed by atoms with Gasteiger partial charge in [-0.2, -0.15) is 0 Å². The van der Waals surface area contributed by atoms with Gasteiger partial charge in [0.15, 0.2) is 0 Å². The highest BCUT2D eigenvalue weighted by molar-refractivity contribution is 4.81. The lowest BCUT2D eigenvalue weighted by atomic mass is 10.0. The Morgan fingerprint density at radius 2 is 0.762 bits per heavy atom. The van der Waals surface area contributed by atoms with Crippen molar-refractivity contribution >= 4 is 0 Å². The van der Waals surface area contributed by atoms with Gasteiger partial charge in [0.25, 0.3) is 0 Å². The maximum atomic E-state index is 9.59. The summed E-state index contributed by atoms with van der Waals surface area (Å²) >= 11 is 0. The Labute approximate surface area is 265 Å². The van der Waals surface area contributed by atoms with Crippen LogP contribution in [-0.4, -0.2) is 37.6 Å². The maximum absolute atomic E-state index is 9.59. The van der Waals surface area contributed by atoms with Crippen LogP contribution in [0.3, 0.4) is 0 Å². The molecule has 0 aromatic rings. The van der Waals surface area contributed by atoms with Crippen molar-refractivity contribution in [2.75, 3.05) is 26.4 Å². The van der Waals surface area contributed by atoms with E-state index in [9.17, 15) is 5.11 Å². The molecule has 252 valence electrons. The second-order valence-electron chi connectivity index (χ2n) is 13.0. The van der Waals surface area contributed by atoms with Crippen LogP contribution in [-0.2, 0) is 9.47 Å². The molecule has 0 aliphatic heterocycles. The number of unbranched alkanes of at least 4 members (excludes halogenated alkanes) is 27. The second kappa shape index (κ2) is 38.6. The van der Waals surface area contributed by atoms with E-state index in [4.69, 9.17) is 9.47 Å². The van der Waals surface area contributed by atoms with E-state index in [1.807, 2.05) is 0 Å². The minimum atomic E-state index is -0.158. The quantitative estimate of drug-likeness (QED) is 0.0574. The first-order valence-corrected chi connectivity index (χ1v) is 19.3. The lowest BCUT2D eigenvalue weighted by Gasteiger charge is -2.15. The zero-order chi connectivity index (χ0) is 30.4. The molecule has 0 bridgehead atoms. The van der Waals surface area contributed by atoms with Gasteiger partial charge in [-0.1, -0.05) is 180 Å². The highest BCUT2D eigenvalue weighted by atomic mass is 16.5. The molecule has 3 nitrogen and oxygen atoms in total. The van der Waals surface area contributed by atoms with Gasteiger partial charge in [-0.3, -0.25) is 0 Å². The molecule has 0 amide bonds. The Kier molecular flexibility index (Phi) is 38.3. The molecule has 0 saturated heterocycles. The largest absolute Gasteiger partial charge is 0.394 e. The van der Waals surface area contributed by atoms with E-state index in [2.05, 4.69) is 26.0 Å². The van der Waals surface area contributed by atoms with Gasteiger partial charge in [-0.05, 0) is 38.5 Å². The van der Waals surface area contributed by atoms with Gasteiger partial charge in [-0.15, -0.1) is 0 Å². The molecule has 0 rings (SSSR count). The zero-order valence-electron chi connectivity index (χ0n) is 29.0. The number of hydrogen-bond acceptors (Lipinski definition) is 3. The number of ether oxygens (including phenoxy) is 2. The van der Waals surface area contributed by atoms with Gasteiger partial charge < -0.3 is 14.6 Å². The Hall–Kier alpha value is -0.380. The van der Waals surface area contributed by atoms with Gasteiger partial charge in [-0.25, -0.2) is 0 Å². The average molecular weight is 595 g/mol. The van der Waals surface area contributed by atoms with Crippen LogP contribution in [0.15, 0.2) is 12.2 Å². The van der Waals surface area contributed by atoms with E-state index in [1.54, 1.807) is 0 Å². The summed E-state index contributed by atoms with van der Waals surface area (Å²) in [5.74, 6) is 0. The van der Waals surface area contributed by atoms with Crippen molar-refractivity contribution in [3.63, 3.8) is 0 Å². The van der Waals surface area contributed by atoms with Crippen molar-refractivity contribution in [1.82, 2.24) is 0 Å². The van der Waals surface area contributed by atoms with Crippen LogP contribution < -0.4 is 0 Å². The molecule has 0 spiro atoms. The summed E-state index contributed by atoms with van der Waals surface area (Å²) < 4.78 is 11.7. The number of aliphatic hydroxyl groups excluding tert-OH is 1. The van der Waals surface area contributed by atoms with Crippen LogP contribution in [0.4, 0.5) is 0 Å². The highest BCUT2D eigenvalue weighted by Crippen LogP contribution is 2.14. The van der Waals surface area contributed by atoms with E-state index >= 15 is 0 Å². The molecule has 0 aliphatic carbocycles. The molecule has 0 heterocycles. The molecule has 0 aromatic heterocycles. The highest BCUT2D eigenvalue weighted by Gasteiger charge is 2.07. The van der Waals surface area contributed by atoms with Gasteiger partial charge in [0, 0.05) is 13.2 Å². The van der Waals surface area contributed by atoms with Crippen LogP contribution in [0, 0.1) is 0 Å². The number of hydrogen-bond donors (Lipinski definition) is 1. The van der Waals surface area contributed by atoms with Crippen molar-refractivity contribution in [3.8, 4) is 0 Å². The standard InChI is InChI=1S/C39H78O3/c1-3-5-7-9-11-13-15-17-19-21-23-25-27-29-31-33-35-41-38-39(37-40)42-36-34-32-30-28-26-24-22-20-18-16-14-12-10-8-6-4-2/h18,20,39-40H,3-17,19,21-38H2,1-2H3/b20-18-. The van der Waals surface area contributed by atoms with Crippen molar-refractivity contribution < 1.29 is 14.6 Å². The molecule has 0 fully saturated rings. The van der Waals surface area contributed by atoms with Gasteiger partial charge in [0.2, 0.25) is 0 Å². The van der Waals surface area contributed by atoms with E-state index in [1.165, 1.54) is 180 Å². The van der Waals surface area contributed by atoms with Crippen LogP contribution in [0.25, 0.3) is 0 Å². The van der Waals surface area contributed by atoms with Crippen LogP contribution in [0.2, 0.25) is 0 Å². The maximum Gasteiger partial charge on any atom is 0.104 e. The molecule has 1 atom stereocenters. The summed E-state index contributed by atoms with van der Waals surface area (Å²) in [5.41, 5.74) is 0. The van der Waals surface area contributed by atoms with Gasteiger partial charge in [0.05, 0.1) is 13.2 Å². The third-order valence-electron chi connectivity index (χ3n) is 8.66. The average Bonchev–Trinajstić information content (AvgIpc) is 3.00. The van der Waals surface area contributed by atoms with Gasteiger partial charge >= 0.3 is 0 Å². The minimum Gasteiger partial charge on any atom is -0.394 e. The summed E-state index contributed by atoms with van der Waals surface area (Å²) in [4.78, 5) is 0. The van der Waals surface area contributed by atoms with Crippen molar-refractivity contribution in [2.24, 2.45) is 0 Å². The van der Waals surface area contributed by atoms with E-state index in [0.29, 0.717) is 6.61 Å². The van der Waals surface area contributed by atoms with Crippen molar-refractivity contribution in [2.45, 2.75) is 213 Å². The summed E-state index contributed by atoms with van der Waals surface area (Å²) in [6.07, 6.45) is 45.4. The number of rotatable bonds is 37. The molecule has 0 aliphatic rings. The molecule has 0 saturated carbocycles. The molecular weight excluding hydrogens is 516 g/mol. The van der Waals surface area contributed by atoms with E-state index in [-0.39, 0.29) is 12.7 Å².